The minimum Gasteiger partial charge on any atom is -0.316 e. The van der Waals surface area contributed by atoms with E-state index in [2.05, 4.69) is 42.8 Å². The fraction of sp³-hybridized carbons (Fsp3) is 0.875. The van der Waals surface area contributed by atoms with Crippen LogP contribution >= 0.6 is 0 Å². The van der Waals surface area contributed by atoms with Crippen LogP contribution in [0.3, 0.4) is 0 Å². The van der Waals surface area contributed by atoms with Crippen molar-refractivity contribution >= 4 is 0 Å². The molecular weight excluding hydrogens is 220 g/mol. The monoisotopic (exact) mass is 248 g/mol. The van der Waals surface area contributed by atoms with Gasteiger partial charge in [0.25, 0.3) is 0 Å². The molecule has 1 aliphatic heterocycles. The minimum atomic E-state index is 0.140. The van der Waals surface area contributed by atoms with Crippen LogP contribution in [0.5, 0.6) is 0 Å². The van der Waals surface area contributed by atoms with Crippen molar-refractivity contribution in [2.24, 2.45) is 11.3 Å². The second-order valence-corrected chi connectivity index (χ2v) is 6.92. The van der Waals surface area contributed by atoms with Gasteiger partial charge in [0.1, 0.15) is 0 Å². The van der Waals surface area contributed by atoms with Crippen molar-refractivity contribution < 1.29 is 0 Å². The maximum atomic E-state index is 3.52. The molecule has 0 spiro atoms. The van der Waals surface area contributed by atoms with Gasteiger partial charge < -0.3 is 5.32 Å². The number of hydrogen-bond donors (Lipinski definition) is 1. The van der Waals surface area contributed by atoms with E-state index in [0.717, 1.165) is 18.5 Å². The van der Waals surface area contributed by atoms with Crippen molar-refractivity contribution in [2.45, 2.75) is 52.5 Å². The Morgan fingerprint density at radius 1 is 1.22 bits per heavy atom. The third-order valence-electron chi connectivity index (χ3n) is 3.70. The molecule has 1 N–H and O–H groups in total. The van der Waals surface area contributed by atoms with Gasteiger partial charge in [0.2, 0.25) is 0 Å². The summed E-state index contributed by atoms with van der Waals surface area (Å²) in [6.45, 7) is 11.2. The summed E-state index contributed by atoms with van der Waals surface area (Å²) in [5.41, 5.74) is 0.140. The lowest BCUT2D eigenvalue weighted by Crippen LogP contribution is -2.39. The van der Waals surface area contributed by atoms with Gasteiger partial charge in [-0.2, -0.15) is 0 Å². The summed E-state index contributed by atoms with van der Waals surface area (Å²) in [6, 6.07) is 0.834. The summed E-state index contributed by atoms with van der Waals surface area (Å²) in [6.07, 6.45) is 5.51. The average Bonchev–Trinajstić information content (AvgIpc) is 3.11. The molecule has 2 heteroatoms. The van der Waals surface area contributed by atoms with Gasteiger partial charge in [0.05, 0.1) is 6.54 Å². The Bertz CT molecular complexity index is 308. The zero-order valence-electron chi connectivity index (χ0n) is 12.3. The molecule has 2 aliphatic rings. The number of nitrogens with one attached hydrogen (secondary N) is 1. The average molecular weight is 248 g/mol. The van der Waals surface area contributed by atoms with Crippen LogP contribution in [0.4, 0.5) is 0 Å². The van der Waals surface area contributed by atoms with Crippen molar-refractivity contribution in [1.82, 2.24) is 10.2 Å². The number of nitrogens with zero attached hydrogens (tertiary/aromatic N) is 1. The van der Waals surface area contributed by atoms with E-state index < -0.39 is 0 Å². The van der Waals surface area contributed by atoms with Crippen molar-refractivity contribution in [3.8, 4) is 11.8 Å². The number of piperidine rings is 1. The van der Waals surface area contributed by atoms with E-state index in [-0.39, 0.29) is 5.41 Å². The summed E-state index contributed by atoms with van der Waals surface area (Å²) in [5.74, 6) is 7.60. The van der Waals surface area contributed by atoms with Gasteiger partial charge in [-0.25, -0.2) is 0 Å². The van der Waals surface area contributed by atoms with Gasteiger partial charge in [-0.1, -0.05) is 11.8 Å². The summed E-state index contributed by atoms with van der Waals surface area (Å²) < 4.78 is 0. The highest BCUT2D eigenvalue weighted by Gasteiger charge is 2.30. The molecule has 2 fully saturated rings. The molecule has 0 aromatic rings. The van der Waals surface area contributed by atoms with E-state index in [0.29, 0.717) is 0 Å². The molecule has 102 valence electrons. The lowest BCUT2D eigenvalue weighted by Gasteiger charge is -2.29. The molecule has 1 saturated heterocycles. The fourth-order valence-electron chi connectivity index (χ4n) is 2.60. The first-order valence-corrected chi connectivity index (χ1v) is 7.49. The van der Waals surface area contributed by atoms with Gasteiger partial charge in [-0.15, -0.1) is 0 Å². The van der Waals surface area contributed by atoms with E-state index >= 15 is 0 Å². The van der Waals surface area contributed by atoms with Gasteiger partial charge in [0.15, 0.2) is 0 Å². The topological polar surface area (TPSA) is 15.3 Å². The van der Waals surface area contributed by atoms with Crippen LogP contribution in [0.2, 0.25) is 0 Å². The molecule has 2 rings (SSSR count). The van der Waals surface area contributed by atoms with Crippen LogP contribution in [0.25, 0.3) is 0 Å². The van der Waals surface area contributed by atoms with E-state index in [9.17, 15) is 0 Å². The van der Waals surface area contributed by atoms with E-state index in [1.807, 2.05) is 0 Å². The molecule has 1 saturated carbocycles. The number of rotatable bonds is 4. The Morgan fingerprint density at radius 3 is 2.56 bits per heavy atom. The Hall–Kier alpha value is -0.520. The molecule has 0 bridgehead atoms. The molecular formula is C16H28N2. The maximum absolute atomic E-state index is 3.52. The molecule has 0 aromatic carbocycles. The molecule has 0 radical (unpaired) electrons. The molecule has 0 amide bonds. The van der Waals surface area contributed by atoms with Crippen LogP contribution in [-0.4, -0.2) is 37.1 Å². The zero-order valence-corrected chi connectivity index (χ0v) is 12.3. The molecule has 1 heterocycles. The van der Waals surface area contributed by atoms with Crippen molar-refractivity contribution in [3.05, 3.63) is 0 Å². The van der Waals surface area contributed by atoms with Crippen molar-refractivity contribution in [3.63, 3.8) is 0 Å². The first-order chi connectivity index (χ1) is 8.54. The van der Waals surface area contributed by atoms with Crippen LogP contribution in [0.15, 0.2) is 0 Å². The minimum absolute atomic E-state index is 0.140. The summed E-state index contributed by atoms with van der Waals surface area (Å²) in [5, 5.41) is 3.52. The maximum Gasteiger partial charge on any atom is 0.0604 e. The highest BCUT2D eigenvalue weighted by Crippen LogP contribution is 2.28. The quantitative estimate of drug-likeness (QED) is 0.769. The Kier molecular flexibility index (Phi) is 4.70. The largest absolute Gasteiger partial charge is 0.316 e. The second-order valence-electron chi connectivity index (χ2n) is 6.92. The van der Waals surface area contributed by atoms with Crippen LogP contribution in [0, 0.1) is 23.2 Å². The highest BCUT2D eigenvalue weighted by atomic mass is 15.2. The van der Waals surface area contributed by atoms with E-state index in [1.165, 1.54) is 45.3 Å². The fourth-order valence-corrected chi connectivity index (χ4v) is 2.60. The van der Waals surface area contributed by atoms with Gasteiger partial charge in [-0.3, -0.25) is 4.90 Å². The van der Waals surface area contributed by atoms with Crippen molar-refractivity contribution in [1.29, 1.82) is 0 Å². The van der Waals surface area contributed by atoms with Crippen molar-refractivity contribution in [2.75, 3.05) is 26.2 Å². The lowest BCUT2D eigenvalue weighted by atomic mass is 9.97. The summed E-state index contributed by atoms with van der Waals surface area (Å²) in [4.78, 5) is 2.62. The first kappa shape index (κ1) is 13.9. The normalized spacial score (nSPS) is 24.8. The molecule has 0 aromatic heterocycles. The Balaban J connectivity index is 1.81. The van der Waals surface area contributed by atoms with Gasteiger partial charge >= 0.3 is 0 Å². The smallest absolute Gasteiger partial charge is 0.0604 e. The summed E-state index contributed by atoms with van der Waals surface area (Å²) in [7, 11) is 0. The SMILES string of the molecule is CC(C)(C)C#CCN(CC1CCCNC1)C1CC1. The third kappa shape index (κ3) is 5.00. The van der Waals surface area contributed by atoms with Crippen LogP contribution in [-0.2, 0) is 0 Å². The predicted octanol–water partition coefficient (Wildman–Crippen LogP) is 2.50. The predicted molar refractivity (Wildman–Crippen MR) is 77.4 cm³/mol. The number of hydrogen-bond acceptors (Lipinski definition) is 2. The highest BCUT2D eigenvalue weighted by molar-refractivity contribution is 5.09. The first-order valence-electron chi connectivity index (χ1n) is 7.49. The van der Waals surface area contributed by atoms with E-state index in [4.69, 9.17) is 0 Å². The Labute approximate surface area is 113 Å². The van der Waals surface area contributed by atoms with Gasteiger partial charge in [-0.05, 0) is 65.5 Å². The molecule has 1 aliphatic carbocycles. The third-order valence-corrected chi connectivity index (χ3v) is 3.70. The van der Waals surface area contributed by atoms with Crippen LogP contribution < -0.4 is 5.32 Å². The molecule has 1 atom stereocenters. The lowest BCUT2D eigenvalue weighted by molar-refractivity contribution is 0.220. The summed E-state index contributed by atoms with van der Waals surface area (Å²) >= 11 is 0. The standard InChI is InChI=1S/C16H28N2/c1-16(2,3)9-5-11-18(15-7-8-15)13-14-6-4-10-17-12-14/h14-15,17H,4,6-8,10-13H2,1-3H3. The van der Waals surface area contributed by atoms with E-state index in [1.54, 1.807) is 0 Å². The molecule has 18 heavy (non-hydrogen) atoms. The molecule has 1 unspecified atom stereocenters. The second kappa shape index (κ2) is 6.08. The zero-order chi connectivity index (χ0) is 13.0. The van der Waals surface area contributed by atoms with Crippen LogP contribution in [0.1, 0.15) is 46.5 Å². The van der Waals surface area contributed by atoms with Gasteiger partial charge in [0, 0.05) is 18.0 Å². The molecule has 2 nitrogen and oxygen atoms in total. The Morgan fingerprint density at radius 2 is 2.00 bits per heavy atom.